The summed E-state index contributed by atoms with van der Waals surface area (Å²) in [5.74, 6) is 0.551. The standard InChI is InChI=1S/C13H25N3O/c1-3-12-9-16(7-6-15(12)2)13(17)10-4-5-11(14)8-10/h10-12H,3-9,14H2,1-2H3. The van der Waals surface area contributed by atoms with Crippen molar-refractivity contribution in [2.45, 2.75) is 44.7 Å². The van der Waals surface area contributed by atoms with Gasteiger partial charge in [0.25, 0.3) is 0 Å². The lowest BCUT2D eigenvalue weighted by atomic mass is 10.0. The third-order valence-electron chi connectivity index (χ3n) is 4.38. The Bertz CT molecular complexity index is 282. The van der Waals surface area contributed by atoms with Gasteiger partial charge >= 0.3 is 0 Å². The van der Waals surface area contributed by atoms with E-state index in [9.17, 15) is 4.79 Å². The monoisotopic (exact) mass is 239 g/mol. The molecule has 0 aromatic carbocycles. The molecule has 1 aliphatic carbocycles. The zero-order valence-corrected chi connectivity index (χ0v) is 11.1. The molecule has 0 radical (unpaired) electrons. The second-order valence-electron chi connectivity index (χ2n) is 5.60. The Balaban J connectivity index is 1.91. The lowest BCUT2D eigenvalue weighted by Crippen LogP contribution is -2.54. The number of likely N-dealkylation sites (N-methyl/N-ethyl adjacent to an activating group) is 1. The number of carbonyl (C=O) groups excluding carboxylic acids is 1. The van der Waals surface area contributed by atoms with E-state index >= 15 is 0 Å². The number of nitrogens with zero attached hydrogens (tertiary/aromatic N) is 2. The SMILES string of the molecule is CCC1CN(C(=O)C2CCC(N)C2)CCN1C. The van der Waals surface area contributed by atoms with Gasteiger partial charge in [-0.25, -0.2) is 0 Å². The van der Waals surface area contributed by atoms with Crippen LogP contribution in [-0.2, 0) is 4.79 Å². The number of rotatable bonds is 2. The smallest absolute Gasteiger partial charge is 0.225 e. The van der Waals surface area contributed by atoms with Gasteiger partial charge < -0.3 is 10.6 Å². The normalized spacial score (nSPS) is 35.2. The van der Waals surface area contributed by atoms with Crippen molar-refractivity contribution in [2.75, 3.05) is 26.7 Å². The summed E-state index contributed by atoms with van der Waals surface area (Å²) in [5.41, 5.74) is 5.89. The van der Waals surface area contributed by atoms with Crippen molar-refractivity contribution < 1.29 is 4.79 Å². The quantitative estimate of drug-likeness (QED) is 0.770. The molecule has 17 heavy (non-hydrogen) atoms. The van der Waals surface area contributed by atoms with Gasteiger partial charge in [-0.05, 0) is 32.7 Å². The maximum atomic E-state index is 12.4. The summed E-state index contributed by atoms with van der Waals surface area (Å²) in [6.07, 6.45) is 4.01. The van der Waals surface area contributed by atoms with E-state index in [-0.39, 0.29) is 12.0 Å². The average Bonchev–Trinajstić information content (AvgIpc) is 2.75. The molecule has 1 amide bonds. The molecule has 2 rings (SSSR count). The van der Waals surface area contributed by atoms with Gasteiger partial charge in [0.05, 0.1) is 0 Å². The van der Waals surface area contributed by atoms with Crippen LogP contribution in [0.3, 0.4) is 0 Å². The van der Waals surface area contributed by atoms with Gasteiger partial charge in [0, 0.05) is 37.6 Å². The van der Waals surface area contributed by atoms with Crippen LogP contribution in [0.4, 0.5) is 0 Å². The first kappa shape index (κ1) is 12.8. The van der Waals surface area contributed by atoms with Crippen molar-refractivity contribution in [3.63, 3.8) is 0 Å². The lowest BCUT2D eigenvalue weighted by Gasteiger charge is -2.40. The molecule has 0 spiro atoms. The fourth-order valence-corrected chi connectivity index (χ4v) is 3.09. The van der Waals surface area contributed by atoms with Gasteiger partial charge in [0.1, 0.15) is 0 Å². The Morgan fingerprint density at radius 3 is 2.71 bits per heavy atom. The summed E-state index contributed by atoms with van der Waals surface area (Å²) in [4.78, 5) is 16.8. The van der Waals surface area contributed by atoms with Gasteiger partial charge in [-0.3, -0.25) is 9.69 Å². The van der Waals surface area contributed by atoms with Crippen molar-refractivity contribution in [1.82, 2.24) is 9.80 Å². The van der Waals surface area contributed by atoms with Crippen LogP contribution in [-0.4, -0.2) is 54.5 Å². The van der Waals surface area contributed by atoms with E-state index in [0.717, 1.165) is 45.3 Å². The minimum Gasteiger partial charge on any atom is -0.340 e. The zero-order chi connectivity index (χ0) is 12.4. The molecule has 2 fully saturated rings. The number of carbonyl (C=O) groups is 1. The van der Waals surface area contributed by atoms with Crippen molar-refractivity contribution >= 4 is 5.91 Å². The van der Waals surface area contributed by atoms with Crippen LogP contribution in [0.25, 0.3) is 0 Å². The molecule has 1 saturated carbocycles. The Kier molecular flexibility index (Phi) is 4.05. The van der Waals surface area contributed by atoms with Crippen LogP contribution in [0.2, 0.25) is 0 Å². The summed E-state index contributed by atoms with van der Waals surface area (Å²) in [6.45, 7) is 4.98. The van der Waals surface area contributed by atoms with Gasteiger partial charge in [0.15, 0.2) is 0 Å². The number of piperazine rings is 1. The molecule has 1 aliphatic heterocycles. The molecule has 0 aromatic rings. The fraction of sp³-hybridized carbons (Fsp3) is 0.923. The topological polar surface area (TPSA) is 49.6 Å². The highest BCUT2D eigenvalue weighted by atomic mass is 16.2. The van der Waals surface area contributed by atoms with Crippen LogP contribution < -0.4 is 5.73 Å². The first-order chi connectivity index (χ1) is 8.11. The van der Waals surface area contributed by atoms with Crippen LogP contribution in [0, 0.1) is 5.92 Å². The van der Waals surface area contributed by atoms with E-state index in [4.69, 9.17) is 5.73 Å². The molecule has 1 heterocycles. The highest BCUT2D eigenvalue weighted by Crippen LogP contribution is 2.27. The largest absolute Gasteiger partial charge is 0.340 e. The van der Waals surface area contributed by atoms with E-state index in [1.54, 1.807) is 0 Å². The first-order valence-electron chi connectivity index (χ1n) is 6.86. The van der Waals surface area contributed by atoms with E-state index in [2.05, 4.69) is 23.8 Å². The van der Waals surface area contributed by atoms with Crippen LogP contribution in [0.15, 0.2) is 0 Å². The molecular weight excluding hydrogens is 214 g/mol. The van der Waals surface area contributed by atoms with Crippen molar-refractivity contribution in [2.24, 2.45) is 11.7 Å². The van der Waals surface area contributed by atoms with E-state index in [0.29, 0.717) is 11.9 Å². The van der Waals surface area contributed by atoms with E-state index in [1.165, 1.54) is 0 Å². The molecule has 2 aliphatic rings. The summed E-state index contributed by atoms with van der Waals surface area (Å²) in [7, 11) is 2.15. The molecule has 4 nitrogen and oxygen atoms in total. The van der Waals surface area contributed by atoms with Gasteiger partial charge in [-0.2, -0.15) is 0 Å². The summed E-state index contributed by atoms with van der Waals surface area (Å²) in [5, 5.41) is 0. The third-order valence-corrected chi connectivity index (χ3v) is 4.38. The highest BCUT2D eigenvalue weighted by molar-refractivity contribution is 5.79. The van der Waals surface area contributed by atoms with Gasteiger partial charge in [-0.15, -0.1) is 0 Å². The highest BCUT2D eigenvalue weighted by Gasteiger charge is 2.33. The molecule has 0 aromatic heterocycles. The number of amides is 1. The van der Waals surface area contributed by atoms with E-state index < -0.39 is 0 Å². The maximum Gasteiger partial charge on any atom is 0.225 e. The summed E-state index contributed by atoms with van der Waals surface area (Å²) < 4.78 is 0. The Morgan fingerprint density at radius 1 is 1.35 bits per heavy atom. The first-order valence-corrected chi connectivity index (χ1v) is 6.86. The lowest BCUT2D eigenvalue weighted by molar-refractivity contribution is -0.138. The number of nitrogens with two attached hydrogens (primary N) is 1. The molecule has 3 atom stereocenters. The second kappa shape index (κ2) is 5.36. The molecule has 1 saturated heterocycles. The Labute approximate surface area is 104 Å². The molecule has 4 heteroatoms. The Morgan fingerprint density at radius 2 is 2.12 bits per heavy atom. The maximum absolute atomic E-state index is 12.4. The van der Waals surface area contributed by atoms with Crippen LogP contribution in [0.5, 0.6) is 0 Å². The van der Waals surface area contributed by atoms with Crippen LogP contribution >= 0.6 is 0 Å². The minimum atomic E-state index is 0.200. The van der Waals surface area contributed by atoms with E-state index in [1.807, 2.05) is 0 Å². The average molecular weight is 239 g/mol. The molecule has 98 valence electrons. The van der Waals surface area contributed by atoms with Gasteiger partial charge in [-0.1, -0.05) is 6.92 Å². The van der Waals surface area contributed by atoms with Crippen molar-refractivity contribution in [3.05, 3.63) is 0 Å². The van der Waals surface area contributed by atoms with Crippen molar-refractivity contribution in [1.29, 1.82) is 0 Å². The Hall–Kier alpha value is -0.610. The fourth-order valence-electron chi connectivity index (χ4n) is 3.09. The molecular formula is C13H25N3O. The molecule has 3 unspecified atom stereocenters. The van der Waals surface area contributed by atoms with Gasteiger partial charge in [0.2, 0.25) is 5.91 Å². The number of hydrogen-bond donors (Lipinski definition) is 1. The molecule has 0 bridgehead atoms. The molecule has 2 N–H and O–H groups in total. The van der Waals surface area contributed by atoms with Crippen LogP contribution in [0.1, 0.15) is 32.6 Å². The zero-order valence-electron chi connectivity index (χ0n) is 11.1. The minimum absolute atomic E-state index is 0.200. The number of hydrogen-bond acceptors (Lipinski definition) is 3. The summed E-state index contributed by atoms with van der Waals surface area (Å²) >= 11 is 0. The predicted octanol–water partition coefficient (Wildman–Crippen LogP) is 0.666. The predicted molar refractivity (Wildman–Crippen MR) is 68.6 cm³/mol. The summed E-state index contributed by atoms with van der Waals surface area (Å²) in [6, 6.07) is 0.779. The third kappa shape index (κ3) is 2.80. The van der Waals surface area contributed by atoms with Crippen molar-refractivity contribution in [3.8, 4) is 0 Å². The second-order valence-corrected chi connectivity index (χ2v) is 5.60.